The van der Waals surface area contributed by atoms with E-state index in [1.54, 1.807) is 0 Å². The van der Waals surface area contributed by atoms with Crippen molar-refractivity contribution in [2.24, 2.45) is 11.8 Å². The first-order chi connectivity index (χ1) is 11.0. The Balaban J connectivity index is 2.21. The standard InChI is InChI=1S/C18H27N3O2/c1-4-19-18(23)20-17(22)16(15-8-6-5-7-9-15)21-11-13(2)10-14(3)12-21/h5-9,13-14,16H,4,10-12H2,1-3H3,(H2,19,20,22,23)/t13-,14-,16-/m0/s1. The maximum Gasteiger partial charge on any atom is 0.321 e. The van der Waals surface area contributed by atoms with Gasteiger partial charge < -0.3 is 5.32 Å². The number of hydrogen-bond donors (Lipinski definition) is 2. The van der Waals surface area contributed by atoms with Gasteiger partial charge in [0.05, 0.1) is 0 Å². The molecule has 2 N–H and O–H groups in total. The highest BCUT2D eigenvalue weighted by Crippen LogP contribution is 2.29. The minimum absolute atomic E-state index is 0.261. The Labute approximate surface area is 138 Å². The topological polar surface area (TPSA) is 61.4 Å². The second-order valence-electron chi connectivity index (χ2n) is 6.56. The van der Waals surface area contributed by atoms with Crippen LogP contribution in [-0.4, -0.2) is 36.5 Å². The third-order valence-electron chi connectivity index (χ3n) is 4.20. The van der Waals surface area contributed by atoms with E-state index in [9.17, 15) is 9.59 Å². The molecule has 0 spiro atoms. The number of benzene rings is 1. The number of likely N-dealkylation sites (tertiary alicyclic amines) is 1. The van der Waals surface area contributed by atoms with E-state index in [0.717, 1.165) is 18.7 Å². The molecular formula is C18H27N3O2. The zero-order valence-electron chi connectivity index (χ0n) is 14.2. The number of carbonyl (C=O) groups is 2. The average molecular weight is 317 g/mol. The molecule has 1 aromatic rings. The van der Waals surface area contributed by atoms with Crippen LogP contribution in [0.4, 0.5) is 4.79 Å². The van der Waals surface area contributed by atoms with E-state index in [2.05, 4.69) is 29.4 Å². The maximum absolute atomic E-state index is 12.7. The highest BCUT2D eigenvalue weighted by Gasteiger charge is 2.33. The summed E-state index contributed by atoms with van der Waals surface area (Å²) in [5.41, 5.74) is 0.926. The van der Waals surface area contributed by atoms with Crippen LogP contribution in [0.5, 0.6) is 0 Å². The monoisotopic (exact) mass is 317 g/mol. The van der Waals surface area contributed by atoms with Crippen molar-refractivity contribution in [2.45, 2.75) is 33.2 Å². The van der Waals surface area contributed by atoms with Crippen molar-refractivity contribution in [2.75, 3.05) is 19.6 Å². The molecule has 1 aliphatic rings. The van der Waals surface area contributed by atoms with Gasteiger partial charge in [-0.3, -0.25) is 15.0 Å². The third kappa shape index (κ3) is 4.79. The Morgan fingerprint density at radius 2 is 1.78 bits per heavy atom. The lowest BCUT2D eigenvalue weighted by Gasteiger charge is -2.39. The molecule has 1 aliphatic heterocycles. The molecule has 0 radical (unpaired) electrons. The molecule has 0 unspecified atom stereocenters. The number of piperidine rings is 1. The molecule has 1 heterocycles. The van der Waals surface area contributed by atoms with Crippen molar-refractivity contribution in [3.05, 3.63) is 35.9 Å². The summed E-state index contributed by atoms with van der Waals surface area (Å²) in [4.78, 5) is 26.7. The van der Waals surface area contributed by atoms with Crippen molar-refractivity contribution in [3.63, 3.8) is 0 Å². The van der Waals surface area contributed by atoms with Crippen molar-refractivity contribution in [1.82, 2.24) is 15.5 Å². The molecule has 0 aliphatic carbocycles. The van der Waals surface area contributed by atoms with Crippen LogP contribution in [0.15, 0.2) is 30.3 Å². The second-order valence-corrected chi connectivity index (χ2v) is 6.56. The summed E-state index contributed by atoms with van der Waals surface area (Å²) < 4.78 is 0. The van der Waals surface area contributed by atoms with Gasteiger partial charge in [0.25, 0.3) is 0 Å². The summed E-state index contributed by atoms with van der Waals surface area (Å²) >= 11 is 0. The molecule has 1 saturated heterocycles. The molecule has 3 atom stereocenters. The lowest BCUT2D eigenvalue weighted by atomic mass is 9.89. The molecule has 1 aromatic carbocycles. The van der Waals surface area contributed by atoms with Gasteiger partial charge in [-0.1, -0.05) is 44.2 Å². The van der Waals surface area contributed by atoms with Crippen LogP contribution in [0.3, 0.4) is 0 Å². The zero-order chi connectivity index (χ0) is 16.8. The Morgan fingerprint density at radius 1 is 1.17 bits per heavy atom. The molecule has 0 saturated carbocycles. The van der Waals surface area contributed by atoms with Crippen molar-refractivity contribution in [1.29, 1.82) is 0 Å². The Hall–Kier alpha value is -1.88. The first-order valence-electron chi connectivity index (χ1n) is 8.39. The summed E-state index contributed by atoms with van der Waals surface area (Å²) in [6.45, 7) is 8.48. The predicted molar refractivity (Wildman–Crippen MR) is 90.9 cm³/mol. The number of nitrogens with zero attached hydrogens (tertiary/aromatic N) is 1. The van der Waals surface area contributed by atoms with Gasteiger partial charge in [-0.25, -0.2) is 4.79 Å². The minimum atomic E-state index is -0.434. The van der Waals surface area contributed by atoms with E-state index < -0.39 is 12.1 Å². The number of amides is 3. The van der Waals surface area contributed by atoms with Crippen molar-refractivity contribution < 1.29 is 9.59 Å². The summed E-state index contributed by atoms with van der Waals surface area (Å²) in [5, 5.41) is 5.09. The van der Waals surface area contributed by atoms with Gasteiger partial charge in [-0.05, 0) is 30.7 Å². The molecule has 0 aromatic heterocycles. The first-order valence-corrected chi connectivity index (χ1v) is 8.39. The Morgan fingerprint density at radius 3 is 2.35 bits per heavy atom. The third-order valence-corrected chi connectivity index (χ3v) is 4.20. The molecule has 0 bridgehead atoms. The van der Waals surface area contributed by atoms with Gasteiger partial charge in [0, 0.05) is 19.6 Å². The van der Waals surface area contributed by atoms with Crippen LogP contribution >= 0.6 is 0 Å². The predicted octanol–water partition coefficient (Wildman–Crippen LogP) is 2.55. The van der Waals surface area contributed by atoms with E-state index in [4.69, 9.17) is 0 Å². The van der Waals surface area contributed by atoms with Crippen molar-refractivity contribution >= 4 is 11.9 Å². The van der Waals surface area contributed by atoms with Gasteiger partial charge in [0.15, 0.2) is 0 Å². The van der Waals surface area contributed by atoms with Gasteiger partial charge >= 0.3 is 6.03 Å². The number of hydrogen-bond acceptors (Lipinski definition) is 3. The smallest absolute Gasteiger partial charge is 0.321 e. The first kappa shape index (κ1) is 17.5. The SMILES string of the molecule is CCNC(=O)NC(=O)[C@H](c1ccccc1)N1C[C@@H](C)C[C@H](C)C1. The lowest BCUT2D eigenvalue weighted by molar-refractivity contribution is -0.126. The average Bonchev–Trinajstić information content (AvgIpc) is 2.47. The fourth-order valence-corrected chi connectivity index (χ4v) is 3.47. The van der Waals surface area contributed by atoms with Crippen LogP contribution in [0.25, 0.3) is 0 Å². The van der Waals surface area contributed by atoms with E-state index >= 15 is 0 Å². The van der Waals surface area contributed by atoms with Crippen LogP contribution in [0.2, 0.25) is 0 Å². The van der Waals surface area contributed by atoms with Crippen LogP contribution in [0.1, 0.15) is 38.8 Å². The van der Waals surface area contributed by atoms with E-state index in [0.29, 0.717) is 18.4 Å². The van der Waals surface area contributed by atoms with E-state index in [-0.39, 0.29) is 5.91 Å². The minimum Gasteiger partial charge on any atom is -0.338 e. The number of imide groups is 1. The molecule has 5 heteroatoms. The van der Waals surface area contributed by atoms with Crippen molar-refractivity contribution in [3.8, 4) is 0 Å². The van der Waals surface area contributed by atoms with Crippen LogP contribution < -0.4 is 10.6 Å². The Kier molecular flexibility index (Phi) is 6.16. The quantitative estimate of drug-likeness (QED) is 0.897. The van der Waals surface area contributed by atoms with Gasteiger partial charge in [0.2, 0.25) is 5.91 Å². The second kappa shape index (κ2) is 8.11. The molecule has 2 rings (SSSR count). The Bertz CT molecular complexity index is 522. The number of urea groups is 1. The number of rotatable bonds is 4. The van der Waals surface area contributed by atoms with Gasteiger partial charge in [0.1, 0.15) is 6.04 Å². The molecule has 3 amide bonds. The number of carbonyl (C=O) groups excluding carboxylic acids is 2. The highest BCUT2D eigenvalue weighted by molar-refractivity contribution is 5.97. The summed E-state index contributed by atoms with van der Waals surface area (Å²) in [5.74, 6) is 0.827. The number of nitrogens with one attached hydrogen (secondary N) is 2. The van der Waals surface area contributed by atoms with Gasteiger partial charge in [-0.2, -0.15) is 0 Å². The lowest BCUT2D eigenvalue weighted by Crippen LogP contribution is -2.49. The van der Waals surface area contributed by atoms with Gasteiger partial charge in [-0.15, -0.1) is 0 Å². The van der Waals surface area contributed by atoms with Crippen LogP contribution in [-0.2, 0) is 4.79 Å². The van der Waals surface area contributed by atoms with E-state index in [1.165, 1.54) is 6.42 Å². The largest absolute Gasteiger partial charge is 0.338 e. The molecule has 1 fully saturated rings. The summed E-state index contributed by atoms with van der Waals surface area (Å²) in [7, 11) is 0. The maximum atomic E-state index is 12.7. The fourth-order valence-electron chi connectivity index (χ4n) is 3.47. The molecule has 126 valence electrons. The fraction of sp³-hybridized carbons (Fsp3) is 0.556. The molecular weight excluding hydrogens is 290 g/mol. The zero-order valence-corrected chi connectivity index (χ0v) is 14.2. The summed E-state index contributed by atoms with van der Waals surface area (Å²) in [6, 6.07) is 8.83. The normalized spacial score (nSPS) is 23.1. The highest BCUT2D eigenvalue weighted by atomic mass is 16.2. The molecule has 23 heavy (non-hydrogen) atoms. The molecule has 5 nitrogen and oxygen atoms in total. The van der Waals surface area contributed by atoms with Crippen LogP contribution in [0, 0.1) is 11.8 Å². The summed E-state index contributed by atoms with van der Waals surface area (Å²) in [6.07, 6.45) is 1.18. The van der Waals surface area contributed by atoms with E-state index in [1.807, 2.05) is 37.3 Å².